The standard InChI is InChI=1S/C13H19NO2S/c1-14(11-5-3-2-4-6-11)9-10-7-8-17-12(10)13(15)16/h7-8,11H,2-6,9H2,1H3,(H,15,16). The summed E-state index contributed by atoms with van der Waals surface area (Å²) in [6.45, 7) is 0.760. The Morgan fingerprint density at radius 2 is 2.18 bits per heavy atom. The molecule has 1 N–H and O–H groups in total. The van der Waals surface area contributed by atoms with Gasteiger partial charge in [0.2, 0.25) is 0 Å². The second kappa shape index (κ2) is 5.65. The molecule has 2 rings (SSSR count). The van der Waals surface area contributed by atoms with Gasteiger partial charge < -0.3 is 5.11 Å². The molecule has 0 unspecified atom stereocenters. The summed E-state index contributed by atoms with van der Waals surface area (Å²) in [5.74, 6) is -0.799. The molecule has 1 aromatic rings. The third-order valence-electron chi connectivity index (χ3n) is 3.56. The lowest BCUT2D eigenvalue weighted by Gasteiger charge is -2.31. The van der Waals surface area contributed by atoms with Gasteiger partial charge in [-0.1, -0.05) is 19.3 Å². The lowest BCUT2D eigenvalue weighted by Crippen LogP contribution is -2.33. The largest absolute Gasteiger partial charge is 0.477 e. The minimum atomic E-state index is -0.799. The van der Waals surface area contributed by atoms with Gasteiger partial charge in [0.15, 0.2) is 0 Å². The number of hydrogen-bond donors (Lipinski definition) is 1. The van der Waals surface area contributed by atoms with Gasteiger partial charge >= 0.3 is 5.97 Å². The maximum Gasteiger partial charge on any atom is 0.346 e. The lowest BCUT2D eigenvalue weighted by molar-refractivity contribution is 0.0699. The fourth-order valence-electron chi connectivity index (χ4n) is 2.57. The molecule has 1 fully saturated rings. The zero-order valence-electron chi connectivity index (χ0n) is 10.2. The first kappa shape index (κ1) is 12.6. The normalized spacial score (nSPS) is 17.5. The van der Waals surface area contributed by atoms with Gasteiger partial charge in [0.25, 0.3) is 0 Å². The van der Waals surface area contributed by atoms with Crippen molar-refractivity contribution in [3.8, 4) is 0 Å². The summed E-state index contributed by atoms with van der Waals surface area (Å²) in [5.41, 5.74) is 0.954. The average molecular weight is 253 g/mol. The van der Waals surface area contributed by atoms with Gasteiger partial charge in [-0.15, -0.1) is 11.3 Å². The molecule has 1 aliphatic carbocycles. The second-order valence-corrected chi connectivity index (χ2v) is 5.70. The smallest absolute Gasteiger partial charge is 0.346 e. The van der Waals surface area contributed by atoms with Crippen molar-refractivity contribution in [3.63, 3.8) is 0 Å². The van der Waals surface area contributed by atoms with Crippen LogP contribution in [0.2, 0.25) is 0 Å². The molecule has 1 aromatic heterocycles. The molecular weight excluding hydrogens is 234 g/mol. The molecule has 3 nitrogen and oxygen atoms in total. The first-order valence-electron chi connectivity index (χ1n) is 6.18. The molecule has 0 saturated heterocycles. The van der Waals surface area contributed by atoms with Crippen LogP contribution in [0.4, 0.5) is 0 Å². The van der Waals surface area contributed by atoms with Crippen LogP contribution in [0.15, 0.2) is 11.4 Å². The summed E-state index contributed by atoms with van der Waals surface area (Å²) in [5, 5.41) is 10.9. The third-order valence-corrected chi connectivity index (χ3v) is 4.50. The average Bonchev–Trinajstić information content (AvgIpc) is 2.78. The fourth-order valence-corrected chi connectivity index (χ4v) is 3.32. The van der Waals surface area contributed by atoms with E-state index in [1.54, 1.807) is 0 Å². The number of carboxylic acid groups (broad SMARTS) is 1. The summed E-state index contributed by atoms with van der Waals surface area (Å²) in [6, 6.07) is 2.57. The van der Waals surface area contributed by atoms with Crippen molar-refractivity contribution in [2.45, 2.75) is 44.7 Å². The molecule has 1 aliphatic rings. The summed E-state index contributed by atoms with van der Waals surface area (Å²) in [7, 11) is 2.11. The maximum atomic E-state index is 11.0. The van der Waals surface area contributed by atoms with Gasteiger partial charge in [-0.2, -0.15) is 0 Å². The van der Waals surface area contributed by atoms with Gasteiger partial charge in [-0.25, -0.2) is 4.79 Å². The molecule has 0 aromatic carbocycles. The monoisotopic (exact) mass is 253 g/mol. The minimum absolute atomic E-state index is 0.493. The summed E-state index contributed by atoms with van der Waals surface area (Å²) in [4.78, 5) is 13.8. The molecule has 0 bridgehead atoms. The molecule has 0 aliphatic heterocycles. The highest BCUT2D eigenvalue weighted by atomic mass is 32.1. The molecule has 94 valence electrons. The van der Waals surface area contributed by atoms with Crippen LogP contribution in [0.3, 0.4) is 0 Å². The van der Waals surface area contributed by atoms with Crippen LogP contribution in [0.1, 0.15) is 47.3 Å². The highest BCUT2D eigenvalue weighted by Crippen LogP contribution is 2.25. The Bertz CT molecular complexity index is 383. The van der Waals surface area contributed by atoms with E-state index in [4.69, 9.17) is 5.11 Å². The topological polar surface area (TPSA) is 40.5 Å². The van der Waals surface area contributed by atoms with Crippen molar-refractivity contribution in [1.82, 2.24) is 4.90 Å². The molecule has 0 radical (unpaired) electrons. The van der Waals surface area contributed by atoms with Gasteiger partial charge in [0, 0.05) is 12.6 Å². The predicted octanol–water partition coefficient (Wildman–Crippen LogP) is 3.21. The SMILES string of the molecule is CN(Cc1ccsc1C(=O)O)C1CCCCC1. The van der Waals surface area contributed by atoms with Crippen molar-refractivity contribution in [2.75, 3.05) is 7.05 Å². The Hall–Kier alpha value is -0.870. The number of rotatable bonds is 4. The first-order chi connectivity index (χ1) is 8.18. The number of carboxylic acids is 1. The van der Waals surface area contributed by atoms with Gasteiger partial charge in [-0.3, -0.25) is 4.90 Å². The molecule has 1 saturated carbocycles. The van der Waals surface area contributed by atoms with E-state index in [0.717, 1.165) is 12.1 Å². The van der Waals surface area contributed by atoms with Crippen LogP contribution in [0.25, 0.3) is 0 Å². The van der Waals surface area contributed by atoms with Crippen molar-refractivity contribution >= 4 is 17.3 Å². The van der Waals surface area contributed by atoms with Crippen LogP contribution in [0.5, 0.6) is 0 Å². The van der Waals surface area contributed by atoms with Gasteiger partial charge in [0.05, 0.1) is 0 Å². The molecule has 0 atom stereocenters. The van der Waals surface area contributed by atoms with E-state index in [9.17, 15) is 4.79 Å². The number of hydrogen-bond acceptors (Lipinski definition) is 3. The Balaban J connectivity index is 1.99. The molecule has 0 amide bonds. The van der Waals surface area contributed by atoms with Crippen molar-refractivity contribution in [3.05, 3.63) is 21.9 Å². The Labute approximate surface area is 106 Å². The molecule has 1 heterocycles. The van der Waals surface area contributed by atoms with E-state index in [1.807, 2.05) is 11.4 Å². The van der Waals surface area contributed by atoms with E-state index in [1.165, 1.54) is 43.4 Å². The third kappa shape index (κ3) is 3.07. The summed E-state index contributed by atoms with van der Waals surface area (Å²) >= 11 is 1.32. The first-order valence-corrected chi connectivity index (χ1v) is 7.06. The van der Waals surface area contributed by atoms with E-state index < -0.39 is 5.97 Å². The highest BCUT2D eigenvalue weighted by molar-refractivity contribution is 7.12. The van der Waals surface area contributed by atoms with Crippen molar-refractivity contribution < 1.29 is 9.90 Å². The maximum absolute atomic E-state index is 11.0. The minimum Gasteiger partial charge on any atom is -0.477 e. The van der Waals surface area contributed by atoms with E-state index in [-0.39, 0.29) is 0 Å². The van der Waals surface area contributed by atoms with Crippen molar-refractivity contribution in [2.24, 2.45) is 0 Å². The lowest BCUT2D eigenvalue weighted by atomic mass is 9.94. The summed E-state index contributed by atoms with van der Waals surface area (Å²) in [6.07, 6.45) is 6.48. The van der Waals surface area contributed by atoms with Crippen LogP contribution in [-0.2, 0) is 6.54 Å². The summed E-state index contributed by atoms with van der Waals surface area (Å²) < 4.78 is 0. The van der Waals surface area contributed by atoms with Gasteiger partial charge in [-0.05, 0) is 36.9 Å². The Morgan fingerprint density at radius 1 is 1.47 bits per heavy atom. The zero-order valence-corrected chi connectivity index (χ0v) is 11.0. The quantitative estimate of drug-likeness (QED) is 0.895. The Kier molecular flexibility index (Phi) is 4.18. The highest BCUT2D eigenvalue weighted by Gasteiger charge is 2.20. The van der Waals surface area contributed by atoms with Gasteiger partial charge in [0.1, 0.15) is 4.88 Å². The van der Waals surface area contributed by atoms with E-state index >= 15 is 0 Å². The van der Waals surface area contributed by atoms with Crippen molar-refractivity contribution in [1.29, 1.82) is 0 Å². The van der Waals surface area contributed by atoms with Crippen LogP contribution < -0.4 is 0 Å². The zero-order chi connectivity index (χ0) is 12.3. The number of thiophene rings is 1. The fraction of sp³-hybridized carbons (Fsp3) is 0.615. The molecule has 4 heteroatoms. The predicted molar refractivity (Wildman–Crippen MR) is 69.6 cm³/mol. The molecule has 0 spiro atoms. The molecular formula is C13H19NO2S. The second-order valence-electron chi connectivity index (χ2n) is 4.79. The van der Waals surface area contributed by atoms with Crippen LogP contribution >= 0.6 is 11.3 Å². The van der Waals surface area contributed by atoms with Crippen LogP contribution in [-0.4, -0.2) is 29.1 Å². The van der Waals surface area contributed by atoms with E-state index in [0.29, 0.717) is 10.9 Å². The number of carbonyl (C=O) groups is 1. The van der Waals surface area contributed by atoms with E-state index in [2.05, 4.69) is 11.9 Å². The Morgan fingerprint density at radius 3 is 2.82 bits per heavy atom. The molecule has 17 heavy (non-hydrogen) atoms. The number of aromatic carboxylic acids is 1. The number of nitrogens with zero attached hydrogens (tertiary/aromatic N) is 1. The van der Waals surface area contributed by atoms with Crippen LogP contribution in [0, 0.1) is 0 Å².